The molecule has 0 aliphatic carbocycles. The number of carbonyl (C=O) groups is 1. The molecule has 1 saturated heterocycles. The molecule has 1 amide bonds. The van der Waals surface area contributed by atoms with Crippen LogP contribution in [0.4, 0.5) is 14.6 Å². The number of aryl methyl sites for hydroxylation is 1. The lowest BCUT2D eigenvalue weighted by molar-refractivity contribution is -0.126. The Morgan fingerprint density at radius 3 is 2.76 bits per heavy atom. The van der Waals surface area contributed by atoms with E-state index in [0.717, 1.165) is 6.07 Å². The predicted octanol–water partition coefficient (Wildman–Crippen LogP) is 4.32. The number of anilines is 1. The molecule has 6 nitrogen and oxygen atoms in total. The molecule has 3 aromatic rings. The minimum absolute atomic E-state index is 0.101. The molecule has 176 valence electrons. The van der Waals surface area contributed by atoms with Gasteiger partial charge in [0.1, 0.15) is 17.5 Å². The number of amides is 1. The highest BCUT2D eigenvalue weighted by Gasteiger charge is 2.31. The minimum Gasteiger partial charge on any atom is -0.350 e. The summed E-state index contributed by atoms with van der Waals surface area (Å²) in [5.74, 6) is -0.444. The maximum Gasteiger partial charge on any atom is 0.350 e. The van der Waals surface area contributed by atoms with Crippen molar-refractivity contribution in [3.8, 4) is 11.1 Å². The third-order valence-corrected chi connectivity index (χ3v) is 7.67. The van der Waals surface area contributed by atoms with Crippen molar-refractivity contribution in [1.82, 2.24) is 14.5 Å². The first kappa shape index (κ1) is 22.9. The smallest absolute Gasteiger partial charge is 0.350 e. The molecule has 10 heteroatoms. The van der Waals surface area contributed by atoms with Crippen LogP contribution in [0.3, 0.4) is 0 Å². The van der Waals surface area contributed by atoms with Crippen molar-refractivity contribution in [3.05, 3.63) is 64.1 Å². The van der Waals surface area contributed by atoms with Gasteiger partial charge in [0, 0.05) is 65.4 Å². The van der Waals surface area contributed by atoms with E-state index in [1.807, 2.05) is 11.8 Å². The number of halogens is 3. The van der Waals surface area contributed by atoms with Gasteiger partial charge in [-0.25, -0.2) is 13.6 Å². The molecule has 1 atom stereocenters. The van der Waals surface area contributed by atoms with Gasteiger partial charge in [0.05, 0.1) is 10.5 Å². The van der Waals surface area contributed by atoms with Crippen LogP contribution in [0.2, 0.25) is 5.02 Å². The Bertz CT molecular complexity index is 1410. The van der Waals surface area contributed by atoms with E-state index in [0.29, 0.717) is 64.1 Å². The molecule has 1 fully saturated rings. The van der Waals surface area contributed by atoms with Crippen molar-refractivity contribution in [2.45, 2.75) is 24.4 Å². The number of piperazine rings is 1. The molecule has 5 rings (SSSR count). The lowest BCUT2D eigenvalue weighted by Crippen LogP contribution is -2.54. The Morgan fingerprint density at radius 1 is 1.26 bits per heavy atom. The van der Waals surface area contributed by atoms with E-state index >= 15 is 0 Å². The molecular formula is C24H21ClF2N4O2S. The molecule has 0 spiro atoms. The van der Waals surface area contributed by atoms with Gasteiger partial charge in [0.25, 0.3) is 0 Å². The molecule has 1 unspecified atom stereocenters. The third-order valence-electron chi connectivity index (χ3n) is 6.30. The van der Waals surface area contributed by atoms with Crippen LogP contribution in [0.25, 0.3) is 22.0 Å². The molecule has 2 aliphatic rings. The summed E-state index contributed by atoms with van der Waals surface area (Å²) in [6, 6.07) is 4.99. The number of hydrogen-bond acceptors (Lipinski definition) is 5. The fourth-order valence-corrected chi connectivity index (χ4v) is 6.27. The quantitative estimate of drug-likeness (QED) is 0.499. The van der Waals surface area contributed by atoms with Crippen molar-refractivity contribution in [1.29, 1.82) is 0 Å². The molecule has 1 aromatic heterocycles. The molecule has 2 aliphatic heterocycles. The van der Waals surface area contributed by atoms with Crippen molar-refractivity contribution < 1.29 is 13.6 Å². The van der Waals surface area contributed by atoms with E-state index in [4.69, 9.17) is 11.6 Å². The van der Waals surface area contributed by atoms with Crippen LogP contribution in [-0.4, -0.2) is 51.8 Å². The van der Waals surface area contributed by atoms with Crippen molar-refractivity contribution in [2.75, 3.05) is 30.3 Å². The monoisotopic (exact) mass is 502 g/mol. The van der Waals surface area contributed by atoms with E-state index in [1.165, 1.54) is 30.0 Å². The lowest BCUT2D eigenvalue weighted by atomic mass is 10.0. The van der Waals surface area contributed by atoms with Crippen LogP contribution in [0, 0.1) is 11.6 Å². The Balaban J connectivity index is 1.71. The number of aromatic nitrogens is 2. The normalized spacial score (nSPS) is 17.8. The zero-order valence-corrected chi connectivity index (χ0v) is 19.9. The number of benzene rings is 2. The summed E-state index contributed by atoms with van der Waals surface area (Å²) < 4.78 is 29.9. The molecular weight excluding hydrogens is 482 g/mol. The molecule has 0 bridgehead atoms. The average Bonchev–Trinajstić information content (AvgIpc) is 2.81. The Kier molecular flexibility index (Phi) is 5.85. The highest BCUT2D eigenvalue weighted by molar-refractivity contribution is 7.99. The van der Waals surface area contributed by atoms with Crippen LogP contribution in [0.1, 0.15) is 6.92 Å². The van der Waals surface area contributed by atoms with Crippen molar-refractivity contribution in [3.63, 3.8) is 0 Å². The van der Waals surface area contributed by atoms with E-state index < -0.39 is 17.3 Å². The summed E-state index contributed by atoms with van der Waals surface area (Å²) in [6.45, 7) is 7.40. The van der Waals surface area contributed by atoms with Gasteiger partial charge in [-0.2, -0.15) is 4.98 Å². The second kappa shape index (κ2) is 8.70. The number of hydrogen-bond donors (Lipinski definition) is 0. The van der Waals surface area contributed by atoms with Crippen molar-refractivity contribution >= 4 is 46.0 Å². The Morgan fingerprint density at radius 2 is 2.06 bits per heavy atom. The molecule has 3 heterocycles. The van der Waals surface area contributed by atoms with E-state index in [9.17, 15) is 18.4 Å². The van der Waals surface area contributed by atoms with E-state index in [2.05, 4.69) is 11.6 Å². The fraction of sp³-hybridized carbons (Fsp3) is 0.292. The van der Waals surface area contributed by atoms with Gasteiger partial charge >= 0.3 is 5.69 Å². The van der Waals surface area contributed by atoms with Gasteiger partial charge in [-0.05, 0) is 31.2 Å². The first-order chi connectivity index (χ1) is 16.3. The maximum atomic E-state index is 14.7. The van der Waals surface area contributed by atoms with Crippen molar-refractivity contribution in [2.24, 2.45) is 0 Å². The lowest BCUT2D eigenvalue weighted by Gasteiger charge is -2.40. The number of thioether (sulfide) groups is 1. The summed E-state index contributed by atoms with van der Waals surface area (Å²) in [4.78, 5) is 33.9. The highest BCUT2D eigenvalue weighted by atomic mass is 35.5. The maximum absolute atomic E-state index is 14.7. The molecule has 0 radical (unpaired) electrons. The Labute approximate surface area is 203 Å². The van der Waals surface area contributed by atoms with Gasteiger partial charge in [-0.1, -0.05) is 18.2 Å². The van der Waals surface area contributed by atoms with Gasteiger partial charge in [-0.15, -0.1) is 11.8 Å². The summed E-state index contributed by atoms with van der Waals surface area (Å²) in [7, 11) is 0. The van der Waals surface area contributed by atoms with Gasteiger partial charge in [-0.3, -0.25) is 9.36 Å². The average molecular weight is 503 g/mol. The zero-order chi connectivity index (χ0) is 24.1. The van der Waals surface area contributed by atoms with Gasteiger partial charge in [0.2, 0.25) is 5.91 Å². The largest absolute Gasteiger partial charge is 0.350 e. The zero-order valence-electron chi connectivity index (χ0n) is 18.4. The number of rotatable bonds is 3. The highest BCUT2D eigenvalue weighted by Crippen LogP contribution is 2.46. The summed E-state index contributed by atoms with van der Waals surface area (Å²) in [6.07, 6.45) is 1.29. The second-order valence-electron chi connectivity index (χ2n) is 8.33. The van der Waals surface area contributed by atoms with Gasteiger partial charge in [0.15, 0.2) is 0 Å². The SMILES string of the molecule is C=CC(=O)N1CCN(c2nc(=O)n3c4c(c(-c5ccc(F)cc5F)c(Cl)cc24)SCC3)C(C)C1. The summed E-state index contributed by atoms with van der Waals surface area (Å²) >= 11 is 8.20. The minimum atomic E-state index is -0.719. The second-order valence-corrected chi connectivity index (χ2v) is 9.84. The van der Waals surface area contributed by atoms with Gasteiger partial charge < -0.3 is 9.80 Å². The standard InChI is InChI=1S/C24H21ClF2N4O2S/c1-3-19(32)29-6-7-30(13(2)12-29)23-16-11-17(25)20(15-5-4-14(26)10-18(15)27)22-21(16)31(8-9-34-22)24(33)28-23/h3-5,10-11,13H,1,6-9,12H2,2H3. The van der Waals surface area contributed by atoms with Crippen LogP contribution in [0.5, 0.6) is 0 Å². The van der Waals surface area contributed by atoms with Crippen LogP contribution < -0.4 is 10.6 Å². The first-order valence-corrected chi connectivity index (χ1v) is 12.2. The van der Waals surface area contributed by atoms with E-state index in [-0.39, 0.29) is 17.5 Å². The molecule has 0 N–H and O–H groups in total. The van der Waals surface area contributed by atoms with Crippen LogP contribution in [0.15, 0.2) is 46.6 Å². The Hall–Kier alpha value is -2.91. The van der Waals surface area contributed by atoms with E-state index in [1.54, 1.807) is 15.5 Å². The fourth-order valence-electron chi connectivity index (χ4n) is 4.71. The molecule has 0 saturated carbocycles. The number of nitrogens with zero attached hydrogens (tertiary/aromatic N) is 4. The number of carbonyl (C=O) groups excluding carboxylic acids is 1. The topological polar surface area (TPSA) is 58.4 Å². The molecule has 2 aromatic carbocycles. The van der Waals surface area contributed by atoms with Crippen LogP contribution in [-0.2, 0) is 11.3 Å². The summed E-state index contributed by atoms with van der Waals surface area (Å²) in [5.41, 5.74) is 0.871. The predicted molar refractivity (Wildman–Crippen MR) is 131 cm³/mol. The van der Waals surface area contributed by atoms with Crippen LogP contribution >= 0.6 is 23.4 Å². The first-order valence-electron chi connectivity index (χ1n) is 10.8. The molecule has 34 heavy (non-hydrogen) atoms. The summed E-state index contributed by atoms with van der Waals surface area (Å²) in [5, 5.41) is 0.984. The third kappa shape index (κ3) is 3.67.